The molecule has 0 atom stereocenters. The highest BCUT2D eigenvalue weighted by atomic mass is 16.1. The Bertz CT molecular complexity index is 812. The third-order valence-electron chi connectivity index (χ3n) is 3.50. The van der Waals surface area contributed by atoms with E-state index in [2.05, 4.69) is 29.2 Å². The number of ketones is 1. The molecule has 0 bridgehead atoms. The Morgan fingerprint density at radius 1 is 0.900 bits per heavy atom. The summed E-state index contributed by atoms with van der Waals surface area (Å²) in [7, 11) is 0. The van der Waals surface area contributed by atoms with Gasteiger partial charge in [0.05, 0.1) is 5.52 Å². The van der Waals surface area contributed by atoms with E-state index in [1.807, 2.05) is 45.0 Å². The molecule has 2 heteroatoms. The lowest BCUT2D eigenvalue weighted by Gasteiger charge is -2.16. The lowest BCUT2D eigenvalue weighted by Crippen LogP contribution is -2.21. The van der Waals surface area contributed by atoms with Crippen molar-refractivity contribution in [2.75, 3.05) is 0 Å². The van der Waals surface area contributed by atoms with Crippen LogP contribution in [0.3, 0.4) is 0 Å². The zero-order chi connectivity index (χ0) is 14.3. The molecule has 3 aromatic rings. The summed E-state index contributed by atoms with van der Waals surface area (Å²) >= 11 is 0. The number of carbonyl (C=O) groups is 1. The van der Waals surface area contributed by atoms with Gasteiger partial charge < -0.3 is 0 Å². The zero-order valence-corrected chi connectivity index (χ0v) is 12.0. The lowest BCUT2D eigenvalue weighted by atomic mass is 9.88. The second-order valence-corrected chi connectivity index (χ2v) is 6.13. The molecule has 2 nitrogen and oxygen atoms in total. The van der Waals surface area contributed by atoms with Gasteiger partial charge in [-0.1, -0.05) is 63.2 Å². The maximum Gasteiger partial charge on any atom is 0.186 e. The van der Waals surface area contributed by atoms with E-state index in [9.17, 15) is 4.79 Å². The predicted molar refractivity (Wildman–Crippen MR) is 83.0 cm³/mol. The number of benzene rings is 2. The van der Waals surface area contributed by atoms with E-state index < -0.39 is 5.41 Å². The number of aromatic nitrogens is 1. The smallest absolute Gasteiger partial charge is 0.186 e. The van der Waals surface area contributed by atoms with E-state index in [1.54, 1.807) is 0 Å². The monoisotopic (exact) mass is 263 g/mol. The van der Waals surface area contributed by atoms with Crippen molar-refractivity contribution < 1.29 is 4.79 Å². The maximum atomic E-state index is 12.4. The Kier molecular flexibility index (Phi) is 2.82. The minimum absolute atomic E-state index is 0.0762. The van der Waals surface area contributed by atoms with Gasteiger partial charge in [-0.05, 0) is 11.5 Å². The summed E-state index contributed by atoms with van der Waals surface area (Å²) in [6.45, 7) is 5.76. The fraction of sp³-hybridized carbons (Fsp3) is 0.222. The molecule has 0 N–H and O–H groups in total. The summed E-state index contributed by atoms with van der Waals surface area (Å²) in [6.07, 6.45) is 0. The predicted octanol–water partition coefficient (Wildman–Crippen LogP) is 4.62. The van der Waals surface area contributed by atoms with Crippen molar-refractivity contribution in [1.82, 2.24) is 4.98 Å². The molecule has 0 saturated carbocycles. The molecule has 3 rings (SSSR count). The van der Waals surface area contributed by atoms with Gasteiger partial charge in [0.15, 0.2) is 5.78 Å². The Morgan fingerprint density at radius 3 is 2.30 bits per heavy atom. The fourth-order valence-electron chi connectivity index (χ4n) is 2.37. The number of fused-ring (bicyclic) bond motifs is 3. The fourth-order valence-corrected chi connectivity index (χ4v) is 2.37. The minimum Gasteiger partial charge on any atom is -0.292 e. The summed E-state index contributed by atoms with van der Waals surface area (Å²) in [4.78, 5) is 17.0. The first kappa shape index (κ1) is 12.8. The number of nitrogens with zero attached hydrogens (tertiary/aromatic N) is 1. The van der Waals surface area contributed by atoms with Crippen molar-refractivity contribution in [2.24, 2.45) is 5.41 Å². The van der Waals surface area contributed by atoms with Gasteiger partial charge in [0, 0.05) is 16.2 Å². The molecule has 0 saturated heterocycles. The molecular formula is C18H17NO. The first-order valence-corrected chi connectivity index (χ1v) is 6.80. The molecule has 1 heterocycles. The topological polar surface area (TPSA) is 30.0 Å². The number of carbonyl (C=O) groups excluding carboxylic acids is 1. The van der Waals surface area contributed by atoms with Crippen molar-refractivity contribution in [3.63, 3.8) is 0 Å². The summed E-state index contributed by atoms with van der Waals surface area (Å²) in [5.74, 6) is 0.0762. The van der Waals surface area contributed by atoms with Crippen LogP contribution in [0.5, 0.6) is 0 Å². The Balaban J connectivity index is 2.29. The van der Waals surface area contributed by atoms with Crippen molar-refractivity contribution in [1.29, 1.82) is 0 Å². The van der Waals surface area contributed by atoms with Crippen LogP contribution in [-0.2, 0) is 0 Å². The Morgan fingerprint density at radius 2 is 1.55 bits per heavy atom. The summed E-state index contributed by atoms with van der Waals surface area (Å²) < 4.78 is 0. The highest BCUT2D eigenvalue weighted by Gasteiger charge is 2.24. The molecule has 1 aromatic heterocycles. The largest absolute Gasteiger partial charge is 0.292 e. The van der Waals surface area contributed by atoms with Crippen LogP contribution < -0.4 is 0 Å². The van der Waals surface area contributed by atoms with Gasteiger partial charge in [-0.2, -0.15) is 0 Å². The van der Waals surface area contributed by atoms with Crippen molar-refractivity contribution >= 4 is 27.5 Å². The highest BCUT2D eigenvalue weighted by molar-refractivity contribution is 6.07. The quantitative estimate of drug-likeness (QED) is 0.474. The van der Waals surface area contributed by atoms with Crippen LogP contribution in [0.4, 0.5) is 0 Å². The van der Waals surface area contributed by atoms with Crippen LogP contribution in [0.1, 0.15) is 31.3 Å². The Labute approximate surface area is 118 Å². The third kappa shape index (κ3) is 2.07. The summed E-state index contributed by atoms with van der Waals surface area (Å²) in [5, 5.41) is 3.30. The second-order valence-electron chi connectivity index (χ2n) is 6.13. The minimum atomic E-state index is -0.411. The molecule has 100 valence electrons. The zero-order valence-electron chi connectivity index (χ0n) is 12.0. The number of Topliss-reactive ketones (excluding diaryl/α,β-unsaturated/α-hetero) is 1. The van der Waals surface area contributed by atoms with Gasteiger partial charge in [0.1, 0.15) is 5.69 Å². The first-order valence-electron chi connectivity index (χ1n) is 6.80. The molecule has 0 unspecified atom stereocenters. The first-order chi connectivity index (χ1) is 9.47. The lowest BCUT2D eigenvalue weighted by molar-refractivity contribution is 0.0853. The van der Waals surface area contributed by atoms with E-state index in [0.717, 1.165) is 21.7 Å². The van der Waals surface area contributed by atoms with Gasteiger partial charge in [-0.25, -0.2) is 4.98 Å². The SMILES string of the molecule is CC(C)(C)C(=O)c1ccc2ccc3ccccc3c2n1. The summed E-state index contributed by atoms with van der Waals surface area (Å²) in [5.41, 5.74) is 1.03. The van der Waals surface area contributed by atoms with Gasteiger partial charge in [0.25, 0.3) is 0 Å². The normalized spacial score (nSPS) is 11.9. The highest BCUT2D eigenvalue weighted by Crippen LogP contribution is 2.26. The van der Waals surface area contributed by atoms with Crippen molar-refractivity contribution in [3.8, 4) is 0 Å². The number of hydrogen-bond acceptors (Lipinski definition) is 2. The maximum absolute atomic E-state index is 12.4. The Hall–Kier alpha value is -2.22. The van der Waals surface area contributed by atoms with Crippen molar-refractivity contribution in [2.45, 2.75) is 20.8 Å². The second kappa shape index (κ2) is 4.41. The van der Waals surface area contributed by atoms with Crippen LogP contribution in [0.2, 0.25) is 0 Å². The van der Waals surface area contributed by atoms with E-state index in [0.29, 0.717) is 5.69 Å². The van der Waals surface area contributed by atoms with Crippen LogP contribution in [-0.4, -0.2) is 10.8 Å². The van der Waals surface area contributed by atoms with E-state index in [-0.39, 0.29) is 5.78 Å². The number of hydrogen-bond donors (Lipinski definition) is 0. The average molecular weight is 263 g/mol. The van der Waals surface area contributed by atoms with E-state index in [4.69, 9.17) is 0 Å². The summed E-state index contributed by atoms with van der Waals surface area (Å²) in [6, 6.07) is 16.1. The van der Waals surface area contributed by atoms with Gasteiger partial charge in [-0.3, -0.25) is 4.79 Å². The molecule has 0 aliphatic carbocycles. The number of rotatable bonds is 1. The third-order valence-corrected chi connectivity index (χ3v) is 3.50. The number of pyridine rings is 1. The average Bonchev–Trinajstić information content (AvgIpc) is 2.45. The van der Waals surface area contributed by atoms with Crippen LogP contribution >= 0.6 is 0 Å². The molecule has 0 spiro atoms. The van der Waals surface area contributed by atoms with E-state index >= 15 is 0 Å². The molecule has 20 heavy (non-hydrogen) atoms. The molecule has 0 aliphatic rings. The van der Waals surface area contributed by atoms with Gasteiger partial charge >= 0.3 is 0 Å². The standard InChI is InChI=1S/C18H17NO/c1-18(2,3)17(20)15-11-10-13-9-8-12-6-4-5-7-14(12)16(13)19-15/h4-11H,1-3H3. The van der Waals surface area contributed by atoms with Crippen LogP contribution in [0, 0.1) is 5.41 Å². The van der Waals surface area contributed by atoms with Gasteiger partial charge in [0.2, 0.25) is 0 Å². The van der Waals surface area contributed by atoms with Gasteiger partial charge in [-0.15, -0.1) is 0 Å². The molecule has 0 radical (unpaired) electrons. The molecule has 0 amide bonds. The molecule has 0 aliphatic heterocycles. The molecule has 0 fully saturated rings. The van der Waals surface area contributed by atoms with Crippen LogP contribution in [0.25, 0.3) is 21.7 Å². The molecular weight excluding hydrogens is 246 g/mol. The van der Waals surface area contributed by atoms with E-state index in [1.165, 1.54) is 0 Å². The van der Waals surface area contributed by atoms with Crippen LogP contribution in [0.15, 0.2) is 48.5 Å². The van der Waals surface area contributed by atoms with Crippen molar-refractivity contribution in [3.05, 3.63) is 54.2 Å². The molecule has 2 aromatic carbocycles.